The van der Waals surface area contributed by atoms with Crippen LogP contribution >= 0.6 is 0 Å². The Morgan fingerprint density at radius 1 is 1.06 bits per heavy atom. The quantitative estimate of drug-likeness (QED) is 0.307. The molecule has 1 aliphatic rings. The molecule has 0 saturated carbocycles. The number of carboxylic acid groups (broad SMARTS) is 1. The molecule has 5 nitrogen and oxygen atoms in total. The van der Waals surface area contributed by atoms with Crippen molar-refractivity contribution in [3.05, 3.63) is 107 Å². The van der Waals surface area contributed by atoms with Gasteiger partial charge in [0.05, 0.1) is 17.8 Å². The van der Waals surface area contributed by atoms with Crippen LogP contribution in [-0.4, -0.2) is 30.3 Å². The van der Waals surface area contributed by atoms with Crippen molar-refractivity contribution in [1.82, 2.24) is 5.32 Å². The lowest BCUT2D eigenvalue weighted by molar-refractivity contribution is 0.0696. The van der Waals surface area contributed by atoms with Gasteiger partial charge in [-0.15, -0.1) is 0 Å². The normalized spacial score (nSPS) is 15.8. The second kappa shape index (κ2) is 10.4. The van der Waals surface area contributed by atoms with Crippen molar-refractivity contribution in [1.29, 1.82) is 0 Å². The maximum absolute atomic E-state index is 11.6. The van der Waals surface area contributed by atoms with Crippen molar-refractivity contribution in [2.24, 2.45) is 0 Å². The highest BCUT2D eigenvalue weighted by atomic mass is 16.5. The van der Waals surface area contributed by atoms with Crippen LogP contribution in [0.15, 0.2) is 84.9 Å². The molecule has 2 atom stereocenters. The number of hydrogen-bond acceptors (Lipinski definition) is 4. The zero-order chi connectivity index (χ0) is 25.1. The Balaban J connectivity index is 1.27. The Labute approximate surface area is 212 Å². The molecule has 1 unspecified atom stereocenters. The predicted octanol–water partition coefficient (Wildman–Crippen LogP) is 6.35. The summed E-state index contributed by atoms with van der Waals surface area (Å²) >= 11 is 0. The third-order valence-electron chi connectivity index (χ3n) is 7.04. The minimum atomic E-state index is -0.888. The van der Waals surface area contributed by atoms with Gasteiger partial charge in [-0.1, -0.05) is 66.7 Å². The zero-order valence-corrected chi connectivity index (χ0v) is 20.8. The number of hydrogen-bond donors (Lipinski definition) is 2. The maximum Gasteiger partial charge on any atom is 0.335 e. The molecule has 0 bridgehead atoms. The van der Waals surface area contributed by atoms with Crippen molar-refractivity contribution in [2.45, 2.75) is 39.0 Å². The Morgan fingerprint density at radius 3 is 2.69 bits per heavy atom. The molecule has 2 N–H and O–H groups in total. The Bertz CT molecular complexity index is 1380. The van der Waals surface area contributed by atoms with Crippen LogP contribution in [0.5, 0.6) is 5.75 Å². The van der Waals surface area contributed by atoms with E-state index >= 15 is 0 Å². The topological polar surface area (TPSA) is 61.8 Å². The largest absolute Gasteiger partial charge is 0.486 e. The summed E-state index contributed by atoms with van der Waals surface area (Å²) in [5.41, 5.74) is 4.47. The number of aromatic carboxylic acids is 1. The molecule has 4 aromatic carbocycles. The number of fused-ring (bicyclic) bond motifs is 2. The monoisotopic (exact) mass is 480 g/mol. The third-order valence-corrected chi connectivity index (χ3v) is 7.04. The first kappa shape index (κ1) is 23.9. The average Bonchev–Trinajstić information content (AvgIpc) is 2.89. The van der Waals surface area contributed by atoms with Crippen LogP contribution in [-0.2, 0) is 6.54 Å². The van der Waals surface area contributed by atoms with E-state index in [0.29, 0.717) is 12.1 Å². The number of carbonyl (C=O) groups is 1. The van der Waals surface area contributed by atoms with Gasteiger partial charge in [0.2, 0.25) is 0 Å². The van der Waals surface area contributed by atoms with Crippen LogP contribution in [0.3, 0.4) is 0 Å². The van der Waals surface area contributed by atoms with E-state index in [0.717, 1.165) is 42.1 Å². The molecule has 36 heavy (non-hydrogen) atoms. The van der Waals surface area contributed by atoms with Gasteiger partial charge in [0.1, 0.15) is 11.9 Å². The van der Waals surface area contributed by atoms with Gasteiger partial charge in [-0.3, -0.25) is 0 Å². The highest BCUT2D eigenvalue weighted by Gasteiger charge is 2.26. The predicted molar refractivity (Wildman–Crippen MR) is 145 cm³/mol. The van der Waals surface area contributed by atoms with Crippen LogP contribution in [0.1, 0.15) is 46.4 Å². The summed E-state index contributed by atoms with van der Waals surface area (Å²) in [5, 5.41) is 15.8. The number of para-hydroxylation sites is 2. The average molecular weight is 481 g/mol. The fourth-order valence-corrected chi connectivity index (χ4v) is 5.10. The van der Waals surface area contributed by atoms with E-state index in [1.807, 2.05) is 37.3 Å². The standard InChI is InChI=1S/C31H32N2O3/c1-21-14-15-23(18-28(21)31(34)35)19-33-20-25(36-30-13-6-5-12-29(30)33)16-17-32-22(2)26-11-7-9-24-8-3-4-10-27(24)26/h3-15,18,22,25,32H,16-17,19-20H2,1-2H3,(H,34,35)/t22-,25?/m1/s1. The number of ether oxygens (including phenoxy) is 1. The number of anilines is 1. The fraction of sp³-hybridized carbons (Fsp3) is 0.258. The Hall–Kier alpha value is -3.83. The summed E-state index contributed by atoms with van der Waals surface area (Å²) in [6.45, 7) is 6.26. The number of rotatable bonds is 8. The summed E-state index contributed by atoms with van der Waals surface area (Å²) in [7, 11) is 0. The summed E-state index contributed by atoms with van der Waals surface area (Å²) < 4.78 is 6.36. The number of nitrogens with zero attached hydrogens (tertiary/aromatic N) is 1. The number of benzene rings is 4. The summed E-state index contributed by atoms with van der Waals surface area (Å²) in [6, 6.07) is 29.0. The van der Waals surface area contributed by atoms with Gasteiger partial charge in [0.15, 0.2) is 0 Å². The Morgan fingerprint density at radius 2 is 1.83 bits per heavy atom. The number of carboxylic acids is 1. The first-order valence-electron chi connectivity index (χ1n) is 12.5. The molecule has 5 rings (SSSR count). The smallest absolute Gasteiger partial charge is 0.335 e. The third kappa shape index (κ3) is 5.07. The van der Waals surface area contributed by atoms with Gasteiger partial charge in [-0.05, 0) is 72.5 Å². The molecule has 0 radical (unpaired) electrons. The van der Waals surface area contributed by atoms with Gasteiger partial charge in [-0.2, -0.15) is 0 Å². The molecule has 0 spiro atoms. The lowest BCUT2D eigenvalue weighted by Crippen LogP contribution is -2.41. The summed E-state index contributed by atoms with van der Waals surface area (Å²) in [5.74, 6) is -0.0117. The van der Waals surface area contributed by atoms with Gasteiger partial charge in [0.25, 0.3) is 0 Å². The second-order valence-electron chi connectivity index (χ2n) is 9.58. The molecular formula is C31H32N2O3. The molecular weight excluding hydrogens is 448 g/mol. The molecule has 0 aromatic heterocycles. The van der Waals surface area contributed by atoms with Gasteiger partial charge in [0, 0.05) is 12.6 Å². The Kier molecular flexibility index (Phi) is 6.92. The summed E-state index contributed by atoms with van der Waals surface area (Å²) in [6.07, 6.45) is 0.908. The lowest BCUT2D eigenvalue weighted by atomic mass is 9.99. The van der Waals surface area contributed by atoms with E-state index in [-0.39, 0.29) is 12.1 Å². The van der Waals surface area contributed by atoms with Gasteiger partial charge in [-0.25, -0.2) is 4.79 Å². The van der Waals surface area contributed by atoms with E-state index in [1.54, 1.807) is 6.07 Å². The molecule has 0 saturated heterocycles. The molecule has 5 heteroatoms. The van der Waals surface area contributed by atoms with Crippen LogP contribution in [0, 0.1) is 6.92 Å². The van der Waals surface area contributed by atoms with Crippen LogP contribution in [0.25, 0.3) is 10.8 Å². The first-order chi connectivity index (χ1) is 17.5. The molecule has 0 amide bonds. The minimum Gasteiger partial charge on any atom is -0.486 e. The van der Waals surface area contributed by atoms with Crippen LogP contribution < -0.4 is 15.0 Å². The first-order valence-corrected chi connectivity index (χ1v) is 12.5. The molecule has 184 valence electrons. The fourth-order valence-electron chi connectivity index (χ4n) is 5.10. The van der Waals surface area contributed by atoms with E-state index in [2.05, 4.69) is 65.7 Å². The second-order valence-corrected chi connectivity index (χ2v) is 9.58. The van der Waals surface area contributed by atoms with Crippen molar-refractivity contribution in [3.63, 3.8) is 0 Å². The molecule has 4 aromatic rings. The lowest BCUT2D eigenvalue weighted by Gasteiger charge is -2.36. The SMILES string of the molecule is Cc1ccc(CN2CC(CCN[C@H](C)c3cccc4ccccc34)Oc3ccccc32)cc1C(=O)O. The molecule has 1 aliphatic heterocycles. The van der Waals surface area contributed by atoms with Gasteiger partial charge < -0.3 is 20.1 Å². The van der Waals surface area contributed by atoms with Crippen LogP contribution in [0.4, 0.5) is 5.69 Å². The maximum atomic E-state index is 11.6. The minimum absolute atomic E-state index is 0.0384. The van der Waals surface area contributed by atoms with E-state index in [9.17, 15) is 9.90 Å². The molecule has 0 aliphatic carbocycles. The zero-order valence-electron chi connectivity index (χ0n) is 20.8. The highest BCUT2D eigenvalue weighted by molar-refractivity contribution is 5.89. The van der Waals surface area contributed by atoms with Crippen molar-refractivity contribution >= 4 is 22.4 Å². The van der Waals surface area contributed by atoms with Crippen molar-refractivity contribution in [2.75, 3.05) is 18.0 Å². The highest BCUT2D eigenvalue weighted by Crippen LogP contribution is 2.35. The van der Waals surface area contributed by atoms with Crippen molar-refractivity contribution < 1.29 is 14.6 Å². The molecule has 0 fully saturated rings. The summed E-state index contributed by atoms with van der Waals surface area (Å²) in [4.78, 5) is 13.9. The van der Waals surface area contributed by atoms with E-state index < -0.39 is 5.97 Å². The van der Waals surface area contributed by atoms with E-state index in [1.165, 1.54) is 16.3 Å². The number of aryl methyl sites for hydroxylation is 1. The van der Waals surface area contributed by atoms with E-state index in [4.69, 9.17) is 4.74 Å². The number of nitrogens with one attached hydrogen (secondary N) is 1. The van der Waals surface area contributed by atoms with Gasteiger partial charge >= 0.3 is 5.97 Å². The van der Waals surface area contributed by atoms with Crippen molar-refractivity contribution in [3.8, 4) is 5.75 Å². The van der Waals surface area contributed by atoms with Crippen LogP contribution in [0.2, 0.25) is 0 Å². The molecule has 1 heterocycles.